The van der Waals surface area contributed by atoms with Crippen LogP contribution in [-0.4, -0.2) is 74.5 Å². The Morgan fingerprint density at radius 1 is 1.12 bits per heavy atom. The lowest BCUT2D eigenvalue weighted by Gasteiger charge is -2.32. The van der Waals surface area contributed by atoms with Gasteiger partial charge in [0.15, 0.2) is 0 Å². The van der Waals surface area contributed by atoms with Crippen LogP contribution in [0.2, 0.25) is 0 Å². The summed E-state index contributed by atoms with van der Waals surface area (Å²) in [5.74, 6) is 0.516. The Hall–Kier alpha value is -0.560. The minimum atomic E-state index is 0. The quantitative estimate of drug-likeness (QED) is 0.745. The number of carbonyl (C=O) groups excluding carboxylic acids is 2. The van der Waals surface area contributed by atoms with Crippen molar-refractivity contribution >= 4 is 36.6 Å². The van der Waals surface area contributed by atoms with E-state index in [-0.39, 0.29) is 48.0 Å². The van der Waals surface area contributed by atoms with Gasteiger partial charge in [0.2, 0.25) is 11.8 Å². The number of likely N-dealkylation sites (N-methyl/N-ethyl adjacent to an activating group) is 1. The van der Waals surface area contributed by atoms with Crippen LogP contribution < -0.4 is 10.6 Å². The van der Waals surface area contributed by atoms with Crippen molar-refractivity contribution in [3.63, 3.8) is 0 Å². The van der Waals surface area contributed by atoms with Gasteiger partial charge >= 0.3 is 0 Å². The molecule has 1 atom stereocenters. The van der Waals surface area contributed by atoms with Gasteiger partial charge in [-0.05, 0) is 44.8 Å². The van der Waals surface area contributed by atoms with Gasteiger partial charge in [-0.1, -0.05) is 0 Å². The Balaban J connectivity index is 0.00000144. The fourth-order valence-corrected chi connectivity index (χ4v) is 3.83. The van der Waals surface area contributed by atoms with Gasteiger partial charge in [0.1, 0.15) is 0 Å². The third-order valence-electron chi connectivity index (χ3n) is 5.60. The number of piperazine rings is 1. The molecule has 1 aliphatic carbocycles. The first-order valence-electron chi connectivity index (χ1n) is 8.55. The molecule has 0 bridgehead atoms. The predicted molar refractivity (Wildman–Crippen MR) is 98.8 cm³/mol. The third-order valence-corrected chi connectivity index (χ3v) is 5.60. The number of nitrogens with one attached hydrogen (secondary N) is 2. The Morgan fingerprint density at radius 3 is 2.38 bits per heavy atom. The molecular weight excluding hydrogens is 351 g/mol. The van der Waals surface area contributed by atoms with Crippen LogP contribution in [0, 0.1) is 11.3 Å². The summed E-state index contributed by atoms with van der Waals surface area (Å²) in [5.41, 5.74) is 0.275. The summed E-state index contributed by atoms with van der Waals surface area (Å²) in [5, 5.41) is 6.33. The molecule has 0 radical (unpaired) electrons. The van der Waals surface area contributed by atoms with Gasteiger partial charge in [-0.2, -0.15) is 0 Å². The lowest BCUT2D eigenvalue weighted by molar-refractivity contribution is -0.132. The number of halogens is 2. The Kier molecular flexibility index (Phi) is 8.26. The first-order valence-corrected chi connectivity index (χ1v) is 8.55. The van der Waals surface area contributed by atoms with Crippen molar-refractivity contribution in [1.82, 2.24) is 20.4 Å². The number of rotatable bonds is 4. The summed E-state index contributed by atoms with van der Waals surface area (Å²) >= 11 is 0. The van der Waals surface area contributed by atoms with Crippen molar-refractivity contribution in [2.45, 2.75) is 25.7 Å². The number of hydrogen-bond donors (Lipinski definition) is 2. The minimum Gasteiger partial charge on any atom is -0.355 e. The molecule has 2 heterocycles. The van der Waals surface area contributed by atoms with Crippen LogP contribution in [0.1, 0.15) is 25.7 Å². The third kappa shape index (κ3) is 4.97. The van der Waals surface area contributed by atoms with Crippen molar-refractivity contribution in [3.05, 3.63) is 0 Å². The zero-order valence-electron chi connectivity index (χ0n) is 14.4. The van der Waals surface area contributed by atoms with Gasteiger partial charge in [-0.3, -0.25) is 9.59 Å². The second kappa shape index (κ2) is 9.22. The van der Waals surface area contributed by atoms with Gasteiger partial charge in [-0.15, -0.1) is 24.8 Å². The summed E-state index contributed by atoms with van der Waals surface area (Å²) < 4.78 is 0. The van der Waals surface area contributed by atoms with Crippen molar-refractivity contribution in [2.24, 2.45) is 11.3 Å². The minimum absolute atomic E-state index is 0. The smallest absolute Gasteiger partial charge is 0.224 e. The van der Waals surface area contributed by atoms with E-state index in [1.807, 2.05) is 4.90 Å². The summed E-state index contributed by atoms with van der Waals surface area (Å²) in [7, 11) is 2.08. The van der Waals surface area contributed by atoms with E-state index < -0.39 is 0 Å². The van der Waals surface area contributed by atoms with E-state index in [9.17, 15) is 9.59 Å². The molecule has 1 unspecified atom stereocenters. The van der Waals surface area contributed by atoms with Gasteiger partial charge < -0.3 is 20.4 Å². The van der Waals surface area contributed by atoms with Crippen molar-refractivity contribution in [3.8, 4) is 0 Å². The van der Waals surface area contributed by atoms with Crippen molar-refractivity contribution in [2.75, 3.05) is 52.9 Å². The number of piperidine rings is 1. The normalized spacial score (nSPS) is 25.4. The van der Waals surface area contributed by atoms with E-state index >= 15 is 0 Å². The molecular formula is C16H30Cl2N4O2. The highest BCUT2D eigenvalue weighted by Crippen LogP contribution is 2.58. The maximum Gasteiger partial charge on any atom is 0.224 e. The van der Waals surface area contributed by atoms with Crippen LogP contribution in [-0.2, 0) is 9.59 Å². The second-order valence-corrected chi connectivity index (χ2v) is 7.09. The molecule has 0 aromatic rings. The Bertz CT molecular complexity index is 436. The monoisotopic (exact) mass is 380 g/mol. The largest absolute Gasteiger partial charge is 0.355 e. The van der Waals surface area contributed by atoms with E-state index in [0.29, 0.717) is 13.0 Å². The molecule has 2 aliphatic heterocycles. The maximum atomic E-state index is 12.2. The fraction of sp³-hybridized carbons (Fsp3) is 0.875. The lowest BCUT2D eigenvalue weighted by atomic mass is 9.92. The van der Waals surface area contributed by atoms with E-state index in [4.69, 9.17) is 0 Å². The average Bonchev–Trinajstić information content (AvgIpc) is 3.21. The van der Waals surface area contributed by atoms with Gasteiger partial charge in [0, 0.05) is 45.1 Å². The summed E-state index contributed by atoms with van der Waals surface area (Å²) in [6.07, 6.45) is 3.69. The van der Waals surface area contributed by atoms with E-state index in [0.717, 1.165) is 58.5 Å². The SMILES string of the molecule is CN1CCN(C(=O)CCNC(=O)C2CC23CCNCC3)CC1.Cl.Cl. The van der Waals surface area contributed by atoms with Crippen LogP contribution in [0.5, 0.6) is 0 Å². The molecule has 3 fully saturated rings. The van der Waals surface area contributed by atoms with Crippen LogP contribution in [0.15, 0.2) is 0 Å². The van der Waals surface area contributed by atoms with Gasteiger partial charge in [0.25, 0.3) is 0 Å². The van der Waals surface area contributed by atoms with Crippen molar-refractivity contribution < 1.29 is 9.59 Å². The molecule has 2 saturated heterocycles. The zero-order valence-corrected chi connectivity index (χ0v) is 16.0. The molecule has 2 N–H and O–H groups in total. The number of nitrogens with zero attached hydrogens (tertiary/aromatic N) is 2. The standard InChI is InChI=1S/C16H28N4O2.2ClH/c1-19-8-10-20(11-9-19)14(21)2-5-18-15(22)13-12-16(13)3-6-17-7-4-16;;/h13,17H,2-12H2,1H3,(H,18,22);2*1H. The molecule has 2 amide bonds. The van der Waals surface area contributed by atoms with E-state index in [1.165, 1.54) is 0 Å². The number of carbonyl (C=O) groups is 2. The Morgan fingerprint density at radius 2 is 1.75 bits per heavy atom. The molecule has 1 saturated carbocycles. The molecule has 0 aromatic heterocycles. The molecule has 140 valence electrons. The highest BCUT2D eigenvalue weighted by Gasteiger charge is 2.57. The first-order chi connectivity index (χ1) is 10.6. The van der Waals surface area contributed by atoms with Crippen LogP contribution in [0.25, 0.3) is 0 Å². The molecule has 1 spiro atoms. The summed E-state index contributed by atoms with van der Waals surface area (Å²) in [4.78, 5) is 28.5. The van der Waals surface area contributed by atoms with E-state index in [2.05, 4.69) is 22.6 Å². The van der Waals surface area contributed by atoms with Gasteiger partial charge in [0.05, 0.1) is 0 Å². The van der Waals surface area contributed by atoms with Crippen molar-refractivity contribution in [1.29, 1.82) is 0 Å². The van der Waals surface area contributed by atoms with Crippen LogP contribution >= 0.6 is 24.8 Å². The molecule has 3 aliphatic rings. The topological polar surface area (TPSA) is 64.7 Å². The predicted octanol–water partition coefficient (Wildman–Crippen LogP) is 0.500. The van der Waals surface area contributed by atoms with Crippen LogP contribution in [0.4, 0.5) is 0 Å². The zero-order chi connectivity index (χ0) is 15.6. The molecule has 0 aromatic carbocycles. The highest BCUT2D eigenvalue weighted by molar-refractivity contribution is 5.85. The fourth-order valence-electron chi connectivity index (χ4n) is 3.83. The highest BCUT2D eigenvalue weighted by atomic mass is 35.5. The molecule has 3 rings (SSSR count). The lowest BCUT2D eigenvalue weighted by Crippen LogP contribution is -2.47. The maximum absolute atomic E-state index is 12.2. The molecule has 8 heteroatoms. The molecule has 6 nitrogen and oxygen atoms in total. The van der Waals surface area contributed by atoms with E-state index in [1.54, 1.807) is 0 Å². The second-order valence-electron chi connectivity index (χ2n) is 7.09. The summed E-state index contributed by atoms with van der Waals surface area (Å²) in [6.45, 7) is 6.05. The average molecular weight is 381 g/mol. The van der Waals surface area contributed by atoms with Crippen LogP contribution in [0.3, 0.4) is 0 Å². The Labute approximate surface area is 156 Å². The molecule has 24 heavy (non-hydrogen) atoms. The first kappa shape index (κ1) is 21.5. The summed E-state index contributed by atoms with van der Waals surface area (Å²) in [6, 6.07) is 0. The number of amides is 2. The number of hydrogen-bond acceptors (Lipinski definition) is 4. The van der Waals surface area contributed by atoms with Gasteiger partial charge in [-0.25, -0.2) is 0 Å².